The van der Waals surface area contributed by atoms with E-state index in [-0.39, 0.29) is 41.6 Å². The molecule has 3 N–H and O–H groups in total. The fourth-order valence-electron chi connectivity index (χ4n) is 3.82. The Bertz CT molecular complexity index is 1180. The van der Waals surface area contributed by atoms with Crippen molar-refractivity contribution >= 4 is 28.6 Å². The summed E-state index contributed by atoms with van der Waals surface area (Å²) in [5.41, 5.74) is -1.06. The lowest BCUT2D eigenvalue weighted by molar-refractivity contribution is -0.163. The van der Waals surface area contributed by atoms with Crippen molar-refractivity contribution in [2.75, 3.05) is 23.3 Å². The summed E-state index contributed by atoms with van der Waals surface area (Å²) in [7, 11) is 0. The number of aliphatic hydroxyl groups excluding tert-OH is 1. The summed E-state index contributed by atoms with van der Waals surface area (Å²) in [5.74, 6) is 0.631. The van der Waals surface area contributed by atoms with Crippen molar-refractivity contribution in [2.45, 2.75) is 57.3 Å². The first-order chi connectivity index (χ1) is 15.9. The molecule has 9 nitrogen and oxygen atoms in total. The van der Waals surface area contributed by atoms with Crippen LogP contribution in [0.2, 0.25) is 0 Å². The number of pyridine rings is 1. The molecule has 0 spiro atoms. The van der Waals surface area contributed by atoms with Crippen LogP contribution in [-0.4, -0.2) is 65.8 Å². The Morgan fingerprint density at radius 3 is 2.59 bits per heavy atom. The van der Waals surface area contributed by atoms with E-state index >= 15 is 0 Å². The number of aliphatic hydroxyl groups is 2. The molecule has 0 radical (unpaired) electrons. The highest BCUT2D eigenvalue weighted by Gasteiger charge is 2.40. The lowest BCUT2D eigenvalue weighted by atomic mass is 9.92. The molecule has 1 fully saturated rings. The number of anilines is 3. The molecule has 184 valence electrons. The van der Waals surface area contributed by atoms with E-state index in [1.165, 1.54) is 32.3 Å². The largest absolute Gasteiger partial charge is 0.408 e. The quantitative estimate of drug-likeness (QED) is 0.473. The Labute approximate surface area is 192 Å². The van der Waals surface area contributed by atoms with Crippen molar-refractivity contribution in [1.82, 2.24) is 24.5 Å². The van der Waals surface area contributed by atoms with Gasteiger partial charge in [0, 0.05) is 18.8 Å². The topological polar surface area (TPSA) is 112 Å². The summed E-state index contributed by atoms with van der Waals surface area (Å²) in [6.45, 7) is 4.07. The van der Waals surface area contributed by atoms with Gasteiger partial charge in [0.2, 0.25) is 5.95 Å². The van der Waals surface area contributed by atoms with Crippen molar-refractivity contribution in [3.8, 4) is 0 Å². The Balaban J connectivity index is 1.64. The lowest BCUT2D eigenvalue weighted by Crippen LogP contribution is -2.52. The number of nitrogens with one attached hydrogen (secondary N) is 1. The monoisotopic (exact) mass is 483 g/mol. The average molecular weight is 483 g/mol. The molecule has 1 aliphatic heterocycles. The number of nitrogens with zero attached hydrogens (tertiary/aromatic N) is 6. The maximum Gasteiger partial charge on any atom is 0.408 e. The van der Waals surface area contributed by atoms with E-state index in [1.54, 1.807) is 11.0 Å². The lowest BCUT2D eigenvalue weighted by Gasteiger charge is -2.38. The van der Waals surface area contributed by atoms with Gasteiger partial charge in [-0.1, -0.05) is 0 Å². The van der Waals surface area contributed by atoms with E-state index in [0.29, 0.717) is 12.4 Å². The second-order valence-corrected chi connectivity index (χ2v) is 8.68. The smallest absolute Gasteiger partial charge is 0.387 e. The summed E-state index contributed by atoms with van der Waals surface area (Å²) in [5, 5.41) is 22.9. The molecular formula is C21H25F4N7O2. The summed E-state index contributed by atoms with van der Waals surface area (Å²) in [4.78, 5) is 18.4. The SMILES string of the molecule is C[C@H](n1c([C@@H](C)O)nc2cnc(Nc3ccnc(N4CC[C@@](C)(O)[C@@H](F)C4)n3)cc21)C(F)(F)F. The predicted molar refractivity (Wildman–Crippen MR) is 117 cm³/mol. The number of piperidine rings is 1. The highest BCUT2D eigenvalue weighted by atomic mass is 19.4. The molecule has 0 aromatic carbocycles. The molecule has 13 heteroatoms. The Hall–Kier alpha value is -3.06. The van der Waals surface area contributed by atoms with Crippen LogP contribution in [0.3, 0.4) is 0 Å². The zero-order valence-electron chi connectivity index (χ0n) is 18.8. The molecule has 0 aliphatic carbocycles. The zero-order chi connectivity index (χ0) is 24.8. The highest BCUT2D eigenvalue weighted by molar-refractivity contribution is 5.79. The van der Waals surface area contributed by atoms with Crippen LogP contribution >= 0.6 is 0 Å². The fraction of sp³-hybridized carbons (Fsp3) is 0.524. The predicted octanol–water partition coefficient (Wildman–Crippen LogP) is 3.44. The Morgan fingerprint density at radius 1 is 1.21 bits per heavy atom. The number of imidazole rings is 1. The molecule has 3 aromatic heterocycles. The molecule has 0 amide bonds. The van der Waals surface area contributed by atoms with Gasteiger partial charge in [-0.2, -0.15) is 18.2 Å². The second kappa shape index (κ2) is 8.62. The van der Waals surface area contributed by atoms with Crippen LogP contribution in [0.4, 0.5) is 35.1 Å². The summed E-state index contributed by atoms with van der Waals surface area (Å²) >= 11 is 0. The van der Waals surface area contributed by atoms with Gasteiger partial charge in [-0.15, -0.1) is 0 Å². The second-order valence-electron chi connectivity index (χ2n) is 8.68. The third kappa shape index (κ3) is 4.62. The number of halogens is 4. The van der Waals surface area contributed by atoms with Crippen LogP contribution in [0.25, 0.3) is 11.0 Å². The van der Waals surface area contributed by atoms with E-state index in [9.17, 15) is 27.8 Å². The van der Waals surface area contributed by atoms with Crippen LogP contribution in [0.15, 0.2) is 24.5 Å². The van der Waals surface area contributed by atoms with Gasteiger partial charge in [-0.25, -0.2) is 19.3 Å². The van der Waals surface area contributed by atoms with Gasteiger partial charge in [-0.3, -0.25) is 0 Å². The minimum absolute atomic E-state index is 0.0721. The standard InChI is InChI=1S/C21H25F4N7O2/c1-11(33)18-28-13-9-27-17(8-14(13)32(18)12(2)21(23,24)25)29-16-4-6-26-19(30-16)31-7-5-20(3,34)15(22)10-31/h4,6,8-9,11-12,15,33-34H,5,7,10H2,1-3H3,(H,26,27,29,30)/t11-,12+,15+,20-/m1/s1. The number of fused-ring (bicyclic) bond motifs is 1. The normalized spacial score (nSPS) is 23.2. The van der Waals surface area contributed by atoms with E-state index in [2.05, 4.69) is 25.3 Å². The van der Waals surface area contributed by atoms with Gasteiger partial charge in [-0.05, 0) is 33.3 Å². The number of aromatic nitrogens is 5. The molecule has 4 heterocycles. The molecule has 34 heavy (non-hydrogen) atoms. The molecule has 4 rings (SSSR count). The molecule has 4 atom stereocenters. The van der Waals surface area contributed by atoms with Gasteiger partial charge >= 0.3 is 6.18 Å². The molecule has 3 aromatic rings. The van der Waals surface area contributed by atoms with Gasteiger partial charge in [0.25, 0.3) is 0 Å². The van der Waals surface area contributed by atoms with Crippen LogP contribution in [-0.2, 0) is 0 Å². The van der Waals surface area contributed by atoms with Crippen LogP contribution in [0, 0.1) is 0 Å². The number of alkyl halides is 4. The van der Waals surface area contributed by atoms with Crippen LogP contribution in [0.1, 0.15) is 45.2 Å². The van der Waals surface area contributed by atoms with Gasteiger partial charge in [0.15, 0.2) is 0 Å². The summed E-state index contributed by atoms with van der Waals surface area (Å²) < 4.78 is 55.7. The van der Waals surface area contributed by atoms with Gasteiger partial charge < -0.3 is 25.0 Å². The third-order valence-corrected chi connectivity index (χ3v) is 5.96. The Kier molecular flexibility index (Phi) is 6.10. The molecule has 0 bridgehead atoms. The van der Waals surface area contributed by atoms with E-state index < -0.39 is 30.1 Å². The zero-order valence-corrected chi connectivity index (χ0v) is 18.8. The number of hydrogen-bond donors (Lipinski definition) is 3. The van der Waals surface area contributed by atoms with E-state index in [1.807, 2.05) is 0 Å². The van der Waals surface area contributed by atoms with Crippen LogP contribution < -0.4 is 10.2 Å². The summed E-state index contributed by atoms with van der Waals surface area (Å²) in [6, 6.07) is 1.01. The first-order valence-corrected chi connectivity index (χ1v) is 10.7. The van der Waals surface area contributed by atoms with Gasteiger partial charge in [0.05, 0.1) is 23.9 Å². The minimum atomic E-state index is -4.55. The average Bonchev–Trinajstić information content (AvgIpc) is 3.13. The number of rotatable bonds is 5. The van der Waals surface area contributed by atoms with Crippen molar-refractivity contribution in [1.29, 1.82) is 0 Å². The maximum absolute atomic E-state index is 14.3. The number of hydrogen-bond acceptors (Lipinski definition) is 8. The summed E-state index contributed by atoms with van der Waals surface area (Å²) in [6.07, 6.45) is -4.26. The maximum atomic E-state index is 14.3. The fourth-order valence-corrected chi connectivity index (χ4v) is 3.82. The minimum Gasteiger partial charge on any atom is -0.387 e. The molecule has 0 unspecified atom stereocenters. The van der Waals surface area contributed by atoms with Crippen molar-refractivity contribution in [3.05, 3.63) is 30.4 Å². The third-order valence-electron chi connectivity index (χ3n) is 5.96. The van der Waals surface area contributed by atoms with Crippen molar-refractivity contribution < 1.29 is 27.8 Å². The van der Waals surface area contributed by atoms with E-state index in [4.69, 9.17) is 0 Å². The van der Waals surface area contributed by atoms with Crippen molar-refractivity contribution in [3.63, 3.8) is 0 Å². The van der Waals surface area contributed by atoms with E-state index in [0.717, 1.165) is 11.5 Å². The molecular weight excluding hydrogens is 458 g/mol. The molecule has 1 saturated heterocycles. The Morgan fingerprint density at radius 2 is 1.94 bits per heavy atom. The molecule has 1 aliphatic rings. The first-order valence-electron chi connectivity index (χ1n) is 10.7. The first kappa shape index (κ1) is 24.1. The highest BCUT2D eigenvalue weighted by Crippen LogP contribution is 2.36. The molecule has 0 saturated carbocycles. The van der Waals surface area contributed by atoms with Gasteiger partial charge in [0.1, 0.15) is 41.3 Å². The van der Waals surface area contributed by atoms with Crippen LogP contribution in [0.5, 0.6) is 0 Å². The van der Waals surface area contributed by atoms with Crippen molar-refractivity contribution in [2.24, 2.45) is 0 Å².